The molecule has 0 radical (unpaired) electrons. The lowest BCUT2D eigenvalue weighted by Gasteiger charge is -2.21. The lowest BCUT2D eigenvalue weighted by Crippen LogP contribution is -2.34. The van der Waals surface area contributed by atoms with E-state index in [0.29, 0.717) is 19.8 Å². The minimum Gasteiger partial charge on any atom is -0.352 e. The Kier molecular flexibility index (Phi) is 7.16. The Morgan fingerprint density at radius 1 is 1.14 bits per heavy atom. The summed E-state index contributed by atoms with van der Waals surface area (Å²) in [6.45, 7) is 5.87. The number of nitrogens with one attached hydrogen (secondary N) is 1. The van der Waals surface area contributed by atoms with Gasteiger partial charge >= 0.3 is 0 Å². The second kappa shape index (κ2) is 8.88. The zero-order valence-corrected chi connectivity index (χ0v) is 14.6. The Balaban J connectivity index is 2.06. The molecule has 0 aliphatic carbocycles. The maximum absolute atomic E-state index is 6.07. The molecule has 1 atom stereocenters. The third-order valence-corrected chi connectivity index (χ3v) is 5.13. The van der Waals surface area contributed by atoms with E-state index in [0.717, 1.165) is 4.34 Å². The molecule has 0 aliphatic rings. The van der Waals surface area contributed by atoms with Gasteiger partial charge in [0.25, 0.3) is 0 Å². The van der Waals surface area contributed by atoms with Gasteiger partial charge in [-0.2, -0.15) is 0 Å². The minimum absolute atomic E-state index is 0.130. The first kappa shape index (κ1) is 16.9. The van der Waals surface area contributed by atoms with E-state index < -0.39 is 0 Å². The summed E-state index contributed by atoms with van der Waals surface area (Å²) in [4.78, 5) is 2.47. The molecule has 0 bridgehead atoms. The summed E-state index contributed by atoms with van der Waals surface area (Å²) < 4.78 is 12.0. The fraction of sp³-hybridized carbons (Fsp3) is 0.467. The fourth-order valence-electron chi connectivity index (χ4n) is 2.03. The van der Waals surface area contributed by atoms with Gasteiger partial charge in [0.05, 0.1) is 10.4 Å². The van der Waals surface area contributed by atoms with Crippen molar-refractivity contribution in [2.24, 2.45) is 0 Å². The lowest BCUT2D eigenvalue weighted by molar-refractivity contribution is -0.133. The third kappa shape index (κ3) is 5.06. The van der Waals surface area contributed by atoms with Gasteiger partial charge in [-0.05, 0) is 37.4 Å². The first-order valence-electron chi connectivity index (χ1n) is 6.99. The highest BCUT2D eigenvalue weighted by molar-refractivity contribution is 7.16. The van der Waals surface area contributed by atoms with Crippen LogP contribution >= 0.6 is 34.3 Å². The van der Waals surface area contributed by atoms with Crippen LogP contribution in [-0.4, -0.2) is 26.0 Å². The zero-order valence-electron chi connectivity index (χ0n) is 12.2. The Labute approximate surface area is 138 Å². The summed E-state index contributed by atoms with van der Waals surface area (Å²) in [6.07, 6.45) is -0.224. The van der Waals surface area contributed by atoms with Crippen molar-refractivity contribution in [3.63, 3.8) is 0 Å². The van der Waals surface area contributed by atoms with Crippen LogP contribution in [0.25, 0.3) is 0 Å². The normalized spacial score (nSPS) is 13.0. The van der Waals surface area contributed by atoms with Crippen molar-refractivity contribution in [1.82, 2.24) is 5.32 Å². The molecule has 2 aromatic rings. The Morgan fingerprint density at radius 2 is 1.90 bits per heavy atom. The van der Waals surface area contributed by atoms with Gasteiger partial charge in [-0.25, -0.2) is 0 Å². The molecule has 0 amide bonds. The first-order valence-corrected chi connectivity index (χ1v) is 9.07. The predicted molar refractivity (Wildman–Crippen MR) is 90.5 cm³/mol. The van der Waals surface area contributed by atoms with Crippen LogP contribution in [0.5, 0.6) is 0 Å². The van der Waals surface area contributed by atoms with Gasteiger partial charge in [0.2, 0.25) is 0 Å². The lowest BCUT2D eigenvalue weighted by atomic mass is 10.2. The van der Waals surface area contributed by atoms with Gasteiger partial charge < -0.3 is 9.47 Å². The monoisotopic (exact) mass is 345 g/mol. The van der Waals surface area contributed by atoms with Gasteiger partial charge in [0.15, 0.2) is 6.29 Å². The van der Waals surface area contributed by atoms with E-state index in [2.05, 4.69) is 28.9 Å². The van der Waals surface area contributed by atoms with Crippen LogP contribution in [0.3, 0.4) is 0 Å². The third-order valence-electron chi connectivity index (χ3n) is 2.90. The summed E-state index contributed by atoms with van der Waals surface area (Å²) in [7, 11) is 0. The molecule has 1 N–H and O–H groups in total. The van der Waals surface area contributed by atoms with Gasteiger partial charge in [0.1, 0.15) is 0 Å². The SMILES string of the molecule is CCOC(CNC(c1cccs1)c1ccc(Cl)s1)OCC. The number of rotatable bonds is 9. The maximum Gasteiger partial charge on any atom is 0.169 e. The number of thiophene rings is 2. The van der Waals surface area contributed by atoms with Crippen molar-refractivity contribution in [2.45, 2.75) is 26.2 Å². The summed E-state index contributed by atoms with van der Waals surface area (Å²) in [5, 5.41) is 5.62. The number of ether oxygens (including phenoxy) is 2. The summed E-state index contributed by atoms with van der Waals surface area (Å²) >= 11 is 9.41. The van der Waals surface area contributed by atoms with Crippen molar-refractivity contribution < 1.29 is 9.47 Å². The van der Waals surface area contributed by atoms with Crippen LogP contribution in [-0.2, 0) is 9.47 Å². The van der Waals surface area contributed by atoms with Crippen molar-refractivity contribution in [3.8, 4) is 0 Å². The molecule has 21 heavy (non-hydrogen) atoms. The van der Waals surface area contributed by atoms with Gasteiger partial charge in [-0.1, -0.05) is 17.7 Å². The van der Waals surface area contributed by atoms with Gasteiger partial charge in [-0.3, -0.25) is 5.32 Å². The van der Waals surface area contributed by atoms with E-state index in [9.17, 15) is 0 Å². The summed E-state index contributed by atoms with van der Waals surface area (Å²) in [5.41, 5.74) is 0. The van der Waals surface area contributed by atoms with E-state index in [1.165, 1.54) is 9.75 Å². The van der Waals surface area contributed by atoms with Crippen LogP contribution in [0.15, 0.2) is 29.6 Å². The molecule has 0 saturated heterocycles. The topological polar surface area (TPSA) is 30.5 Å². The highest BCUT2D eigenvalue weighted by atomic mass is 35.5. The molecule has 116 valence electrons. The molecular weight excluding hydrogens is 326 g/mol. The first-order chi connectivity index (χ1) is 10.2. The average Bonchev–Trinajstić information content (AvgIpc) is 3.12. The molecular formula is C15H20ClNO2S2. The second-order valence-corrected chi connectivity index (χ2v) is 7.06. The quantitative estimate of drug-likeness (QED) is 0.677. The Hall–Kier alpha value is -0.430. The van der Waals surface area contributed by atoms with Crippen LogP contribution in [0.1, 0.15) is 29.6 Å². The smallest absolute Gasteiger partial charge is 0.169 e. The van der Waals surface area contributed by atoms with E-state index >= 15 is 0 Å². The van der Waals surface area contributed by atoms with Crippen molar-refractivity contribution in [3.05, 3.63) is 43.7 Å². The summed E-state index contributed by atoms with van der Waals surface area (Å²) in [5.74, 6) is 0. The van der Waals surface area contributed by atoms with Crippen LogP contribution in [0.2, 0.25) is 4.34 Å². The molecule has 2 heterocycles. The van der Waals surface area contributed by atoms with Crippen LogP contribution in [0, 0.1) is 0 Å². The van der Waals surface area contributed by atoms with E-state index in [1.807, 2.05) is 19.9 Å². The Bertz CT molecular complexity index is 509. The molecule has 2 aromatic heterocycles. The van der Waals surface area contributed by atoms with E-state index in [4.69, 9.17) is 21.1 Å². The zero-order chi connectivity index (χ0) is 15.1. The second-order valence-electron chi connectivity index (χ2n) is 4.34. The molecule has 0 fully saturated rings. The van der Waals surface area contributed by atoms with Crippen molar-refractivity contribution in [2.75, 3.05) is 19.8 Å². The number of halogens is 1. The van der Waals surface area contributed by atoms with Crippen LogP contribution < -0.4 is 5.32 Å². The summed E-state index contributed by atoms with van der Waals surface area (Å²) in [6, 6.07) is 8.33. The van der Waals surface area contributed by atoms with Gasteiger partial charge in [-0.15, -0.1) is 22.7 Å². The van der Waals surface area contributed by atoms with E-state index in [1.54, 1.807) is 22.7 Å². The molecule has 0 aromatic carbocycles. The molecule has 6 heteroatoms. The standard InChI is InChI=1S/C15H20ClNO2S2/c1-3-18-14(19-4-2)10-17-15(11-6-5-9-20-11)12-7-8-13(16)21-12/h5-9,14-15,17H,3-4,10H2,1-2H3. The van der Waals surface area contributed by atoms with Crippen molar-refractivity contribution in [1.29, 1.82) is 0 Å². The highest BCUT2D eigenvalue weighted by Gasteiger charge is 2.19. The average molecular weight is 346 g/mol. The molecule has 2 rings (SSSR count). The van der Waals surface area contributed by atoms with Gasteiger partial charge in [0, 0.05) is 29.5 Å². The fourth-order valence-corrected chi connectivity index (χ4v) is 4.08. The van der Waals surface area contributed by atoms with E-state index in [-0.39, 0.29) is 12.3 Å². The number of hydrogen-bond donors (Lipinski definition) is 1. The van der Waals surface area contributed by atoms with Crippen LogP contribution in [0.4, 0.5) is 0 Å². The highest BCUT2D eigenvalue weighted by Crippen LogP contribution is 2.33. The van der Waals surface area contributed by atoms with Crippen molar-refractivity contribution >= 4 is 34.3 Å². The molecule has 1 unspecified atom stereocenters. The minimum atomic E-state index is -0.224. The largest absolute Gasteiger partial charge is 0.352 e. The maximum atomic E-state index is 6.07. The molecule has 0 spiro atoms. The molecule has 0 aliphatic heterocycles. The molecule has 3 nitrogen and oxygen atoms in total. The molecule has 0 saturated carbocycles. The Morgan fingerprint density at radius 3 is 2.43 bits per heavy atom. The predicted octanol–water partition coefficient (Wildman–Crippen LogP) is 4.54. The number of hydrogen-bond acceptors (Lipinski definition) is 5.